The van der Waals surface area contributed by atoms with Gasteiger partial charge in [0.2, 0.25) is 5.91 Å². The van der Waals surface area contributed by atoms with Crippen LogP contribution in [0.4, 0.5) is 11.5 Å². The molecule has 0 aliphatic rings. The van der Waals surface area contributed by atoms with Crippen LogP contribution in [-0.4, -0.2) is 35.7 Å². The van der Waals surface area contributed by atoms with Gasteiger partial charge in [0.25, 0.3) is 5.56 Å². The number of aromatic nitrogens is 2. The van der Waals surface area contributed by atoms with Crippen LogP contribution in [0.1, 0.15) is 21.5 Å². The number of rotatable bonds is 9. The Labute approximate surface area is 178 Å². The third-order valence-electron chi connectivity index (χ3n) is 4.86. The van der Waals surface area contributed by atoms with Crippen molar-refractivity contribution >= 4 is 17.4 Å². The second-order valence-corrected chi connectivity index (χ2v) is 7.04. The van der Waals surface area contributed by atoms with Crippen molar-refractivity contribution in [3.8, 4) is 0 Å². The van der Waals surface area contributed by atoms with E-state index in [4.69, 9.17) is 16.2 Å². The van der Waals surface area contributed by atoms with E-state index >= 15 is 0 Å². The number of aromatic amines is 1. The molecule has 9 nitrogen and oxygen atoms in total. The van der Waals surface area contributed by atoms with Crippen LogP contribution in [0, 0.1) is 0 Å². The minimum Gasteiger partial charge on any atom is -0.383 e. The fourth-order valence-electron chi connectivity index (χ4n) is 3.32. The van der Waals surface area contributed by atoms with Crippen molar-refractivity contribution < 1.29 is 9.53 Å². The van der Waals surface area contributed by atoms with Gasteiger partial charge in [-0.15, -0.1) is 0 Å². The molecule has 0 saturated carbocycles. The van der Waals surface area contributed by atoms with E-state index in [1.165, 1.54) is 4.57 Å². The molecule has 0 aliphatic carbocycles. The standard InChI is InChI=1S/C22H25N5O4/c1-31-11-10-26(13-16-8-5-9-17(12-16)20(24)28)18-19(23)27(22(30)25-21(18)29)14-15-6-3-2-4-7-15/h2-9,12H,10-11,13-14,23H2,1H3,(H2,24,28)(H,25,29,30). The Morgan fingerprint density at radius 3 is 2.48 bits per heavy atom. The molecule has 1 amide bonds. The molecule has 0 unspecified atom stereocenters. The summed E-state index contributed by atoms with van der Waals surface area (Å²) in [4.78, 5) is 40.8. The van der Waals surface area contributed by atoms with Gasteiger partial charge in [0.1, 0.15) is 11.5 Å². The molecule has 0 atom stereocenters. The number of benzene rings is 2. The van der Waals surface area contributed by atoms with E-state index in [0.29, 0.717) is 18.7 Å². The van der Waals surface area contributed by atoms with Crippen molar-refractivity contribution in [1.82, 2.24) is 9.55 Å². The molecule has 3 rings (SSSR count). The van der Waals surface area contributed by atoms with Crippen molar-refractivity contribution in [1.29, 1.82) is 0 Å². The lowest BCUT2D eigenvalue weighted by atomic mass is 10.1. The van der Waals surface area contributed by atoms with E-state index in [9.17, 15) is 14.4 Å². The van der Waals surface area contributed by atoms with Crippen LogP contribution in [0.25, 0.3) is 0 Å². The van der Waals surface area contributed by atoms with Crippen LogP contribution in [0.3, 0.4) is 0 Å². The molecule has 0 fully saturated rings. The van der Waals surface area contributed by atoms with E-state index < -0.39 is 17.2 Å². The third-order valence-corrected chi connectivity index (χ3v) is 4.86. The van der Waals surface area contributed by atoms with Crippen molar-refractivity contribution in [2.75, 3.05) is 30.9 Å². The van der Waals surface area contributed by atoms with Gasteiger partial charge < -0.3 is 21.1 Å². The van der Waals surface area contributed by atoms with E-state index in [2.05, 4.69) is 4.98 Å². The molecule has 162 valence electrons. The number of nitrogens with zero attached hydrogens (tertiary/aromatic N) is 2. The van der Waals surface area contributed by atoms with Crippen molar-refractivity contribution in [3.05, 3.63) is 92.1 Å². The molecular weight excluding hydrogens is 398 g/mol. The van der Waals surface area contributed by atoms with E-state index in [1.807, 2.05) is 36.4 Å². The third kappa shape index (κ3) is 5.20. The van der Waals surface area contributed by atoms with Gasteiger partial charge in [0.05, 0.1) is 13.2 Å². The van der Waals surface area contributed by atoms with E-state index in [0.717, 1.165) is 11.1 Å². The molecule has 2 aromatic carbocycles. The van der Waals surface area contributed by atoms with Gasteiger partial charge in [0.15, 0.2) is 0 Å². The molecule has 0 radical (unpaired) electrons. The molecule has 0 aliphatic heterocycles. The highest BCUT2D eigenvalue weighted by molar-refractivity contribution is 5.92. The van der Waals surface area contributed by atoms with E-state index in [-0.39, 0.29) is 24.6 Å². The number of anilines is 2. The molecule has 0 spiro atoms. The summed E-state index contributed by atoms with van der Waals surface area (Å²) >= 11 is 0. The minimum absolute atomic E-state index is 0.0553. The van der Waals surface area contributed by atoms with E-state index in [1.54, 1.807) is 30.2 Å². The highest BCUT2D eigenvalue weighted by Crippen LogP contribution is 2.20. The largest absolute Gasteiger partial charge is 0.383 e. The van der Waals surface area contributed by atoms with Gasteiger partial charge in [-0.1, -0.05) is 42.5 Å². The SMILES string of the molecule is COCCN(Cc1cccc(C(N)=O)c1)c1c(N)n(Cc2ccccc2)c(=O)[nH]c1=O. The number of nitrogens with two attached hydrogens (primary N) is 2. The van der Waals surface area contributed by atoms with Crippen LogP contribution in [0.2, 0.25) is 0 Å². The summed E-state index contributed by atoms with van der Waals surface area (Å²) in [7, 11) is 1.55. The smallest absolute Gasteiger partial charge is 0.330 e. The Kier molecular flexibility index (Phi) is 6.88. The Morgan fingerprint density at radius 2 is 1.81 bits per heavy atom. The molecule has 31 heavy (non-hydrogen) atoms. The van der Waals surface area contributed by atoms with Crippen LogP contribution in [0.15, 0.2) is 64.2 Å². The summed E-state index contributed by atoms with van der Waals surface area (Å²) in [5, 5.41) is 0. The monoisotopic (exact) mass is 423 g/mol. The Morgan fingerprint density at radius 1 is 1.10 bits per heavy atom. The number of hydrogen-bond acceptors (Lipinski definition) is 6. The zero-order chi connectivity index (χ0) is 22.4. The van der Waals surface area contributed by atoms with Gasteiger partial charge >= 0.3 is 5.69 Å². The Hall–Kier alpha value is -3.85. The minimum atomic E-state index is -0.589. The highest BCUT2D eigenvalue weighted by atomic mass is 16.5. The lowest BCUT2D eigenvalue weighted by Crippen LogP contribution is -2.39. The second kappa shape index (κ2) is 9.77. The van der Waals surface area contributed by atoms with Crippen molar-refractivity contribution in [2.24, 2.45) is 5.73 Å². The van der Waals surface area contributed by atoms with Crippen LogP contribution in [0.5, 0.6) is 0 Å². The quantitative estimate of drug-likeness (QED) is 0.468. The van der Waals surface area contributed by atoms with Crippen molar-refractivity contribution in [2.45, 2.75) is 13.1 Å². The number of ether oxygens (including phenoxy) is 1. The summed E-state index contributed by atoms with van der Waals surface area (Å²) in [6.07, 6.45) is 0. The molecule has 1 heterocycles. The predicted octanol–water partition coefficient (Wildman–Crippen LogP) is 0.919. The van der Waals surface area contributed by atoms with Crippen LogP contribution < -0.4 is 27.6 Å². The molecule has 0 bridgehead atoms. The first kappa shape index (κ1) is 21.8. The first-order valence-electron chi connectivity index (χ1n) is 9.70. The van der Waals surface area contributed by atoms with Gasteiger partial charge in [-0.25, -0.2) is 4.79 Å². The maximum Gasteiger partial charge on any atom is 0.330 e. The number of H-pyrrole nitrogens is 1. The maximum atomic E-state index is 12.7. The first-order valence-corrected chi connectivity index (χ1v) is 9.70. The number of carbonyl (C=O) groups is 1. The number of hydrogen-bond donors (Lipinski definition) is 3. The normalized spacial score (nSPS) is 10.7. The lowest BCUT2D eigenvalue weighted by molar-refractivity contribution is 0.1000. The van der Waals surface area contributed by atoms with Crippen LogP contribution in [-0.2, 0) is 17.8 Å². The van der Waals surface area contributed by atoms with Gasteiger partial charge in [0, 0.05) is 25.8 Å². The van der Waals surface area contributed by atoms with Crippen LogP contribution >= 0.6 is 0 Å². The molecule has 3 aromatic rings. The number of carbonyl (C=O) groups excluding carboxylic acids is 1. The molecule has 1 aromatic heterocycles. The Balaban J connectivity index is 2.03. The number of primary amides is 1. The summed E-state index contributed by atoms with van der Waals surface area (Å²) in [6, 6.07) is 16.1. The average Bonchev–Trinajstić information content (AvgIpc) is 2.75. The fraction of sp³-hybridized carbons (Fsp3) is 0.227. The maximum absolute atomic E-state index is 12.7. The summed E-state index contributed by atoms with van der Waals surface area (Å²) < 4.78 is 6.51. The van der Waals surface area contributed by atoms with Gasteiger partial charge in [-0.2, -0.15) is 0 Å². The number of nitrogen functional groups attached to an aromatic ring is 1. The summed E-state index contributed by atoms with van der Waals surface area (Å²) in [5.74, 6) is -0.487. The summed E-state index contributed by atoms with van der Waals surface area (Å²) in [6.45, 7) is 1.15. The van der Waals surface area contributed by atoms with Gasteiger partial charge in [-0.3, -0.25) is 19.1 Å². The second-order valence-electron chi connectivity index (χ2n) is 7.04. The topological polar surface area (TPSA) is 136 Å². The fourth-order valence-corrected chi connectivity index (χ4v) is 3.32. The zero-order valence-corrected chi connectivity index (χ0v) is 17.2. The zero-order valence-electron chi connectivity index (χ0n) is 17.2. The lowest BCUT2D eigenvalue weighted by Gasteiger charge is -2.26. The predicted molar refractivity (Wildman–Crippen MR) is 119 cm³/mol. The van der Waals surface area contributed by atoms with Crippen molar-refractivity contribution in [3.63, 3.8) is 0 Å². The molecular formula is C22H25N5O4. The average molecular weight is 423 g/mol. The molecule has 0 saturated heterocycles. The number of nitrogens with one attached hydrogen (secondary N) is 1. The highest BCUT2D eigenvalue weighted by Gasteiger charge is 2.19. The Bertz CT molecular complexity index is 1170. The summed E-state index contributed by atoms with van der Waals surface area (Å²) in [5.41, 5.74) is 12.7. The number of amides is 1. The molecule has 9 heteroatoms. The first-order chi connectivity index (χ1) is 14.9. The van der Waals surface area contributed by atoms with Gasteiger partial charge in [-0.05, 0) is 23.3 Å². The molecule has 5 N–H and O–H groups in total. The number of methoxy groups -OCH3 is 1.